The Bertz CT molecular complexity index is 880. The number of halogens is 5. The first-order valence-electron chi connectivity index (χ1n) is 7.64. The van der Waals surface area contributed by atoms with Gasteiger partial charge in [-0.15, -0.1) is 0 Å². The molecular formula is C18H17F5O2S. The third-order valence-electron chi connectivity index (χ3n) is 4.06. The van der Waals surface area contributed by atoms with Crippen LogP contribution in [0, 0.1) is 13.8 Å². The number of hydrogen-bond acceptors (Lipinski definition) is 2. The van der Waals surface area contributed by atoms with Gasteiger partial charge in [0.15, 0.2) is 16.0 Å². The molecule has 1 unspecified atom stereocenters. The minimum Gasteiger partial charge on any atom is -0.235 e. The summed E-state index contributed by atoms with van der Waals surface area (Å²) in [6.45, 7) is 2.98. The van der Waals surface area contributed by atoms with Gasteiger partial charge in [-0.05, 0) is 36.6 Å². The summed E-state index contributed by atoms with van der Waals surface area (Å²) in [5, 5.41) is 0. The lowest BCUT2D eigenvalue weighted by Crippen LogP contribution is -2.33. The first-order valence-corrected chi connectivity index (χ1v) is 9.30. The molecule has 0 saturated carbocycles. The van der Waals surface area contributed by atoms with Crippen molar-refractivity contribution in [3.8, 4) is 0 Å². The van der Waals surface area contributed by atoms with E-state index in [4.69, 9.17) is 0 Å². The van der Waals surface area contributed by atoms with Gasteiger partial charge in [0.2, 0.25) is 0 Å². The number of alkyl halides is 5. The molecule has 0 saturated heterocycles. The summed E-state index contributed by atoms with van der Waals surface area (Å²) in [4.78, 5) is -0.697. The molecule has 0 aliphatic carbocycles. The molecular weight excluding hydrogens is 375 g/mol. The lowest BCUT2D eigenvalue weighted by Gasteiger charge is -2.23. The number of aryl methyl sites for hydroxylation is 2. The Labute approximate surface area is 148 Å². The molecule has 0 aromatic heterocycles. The average Bonchev–Trinajstić information content (AvgIpc) is 2.56. The largest absolute Gasteiger partial charge is 0.342 e. The zero-order valence-electron chi connectivity index (χ0n) is 14.0. The van der Waals surface area contributed by atoms with Crippen LogP contribution in [0.4, 0.5) is 22.0 Å². The second-order valence-electron chi connectivity index (χ2n) is 6.06. The van der Waals surface area contributed by atoms with Crippen molar-refractivity contribution < 1.29 is 30.4 Å². The molecule has 1 atom stereocenters. The summed E-state index contributed by atoms with van der Waals surface area (Å²) in [5.74, 6) is -5.56. The predicted molar refractivity (Wildman–Crippen MR) is 88.0 cm³/mol. The second-order valence-corrected chi connectivity index (χ2v) is 8.01. The fraction of sp³-hybridized carbons (Fsp3) is 0.333. The Kier molecular flexibility index (Phi) is 5.75. The molecule has 0 spiro atoms. The van der Waals surface area contributed by atoms with Gasteiger partial charge < -0.3 is 0 Å². The summed E-state index contributed by atoms with van der Waals surface area (Å²) < 4.78 is 91.9. The number of rotatable bonds is 6. The molecule has 2 rings (SSSR count). The third kappa shape index (κ3) is 4.06. The van der Waals surface area contributed by atoms with E-state index in [1.54, 1.807) is 18.2 Å². The van der Waals surface area contributed by atoms with Gasteiger partial charge in [-0.1, -0.05) is 36.4 Å². The number of benzene rings is 2. The van der Waals surface area contributed by atoms with E-state index in [0.717, 1.165) is 12.1 Å². The molecule has 0 bridgehead atoms. The zero-order chi connectivity index (χ0) is 19.7. The van der Waals surface area contributed by atoms with Crippen molar-refractivity contribution in [1.29, 1.82) is 0 Å². The van der Waals surface area contributed by atoms with Crippen LogP contribution in [0.3, 0.4) is 0 Å². The van der Waals surface area contributed by atoms with Crippen LogP contribution in [0.25, 0.3) is 0 Å². The molecule has 26 heavy (non-hydrogen) atoms. The third-order valence-corrected chi connectivity index (χ3v) is 5.80. The monoisotopic (exact) mass is 392 g/mol. The van der Waals surface area contributed by atoms with Crippen molar-refractivity contribution in [1.82, 2.24) is 0 Å². The van der Waals surface area contributed by atoms with Crippen molar-refractivity contribution in [3.05, 3.63) is 64.7 Å². The van der Waals surface area contributed by atoms with Crippen molar-refractivity contribution in [3.63, 3.8) is 0 Å². The van der Waals surface area contributed by atoms with Gasteiger partial charge in [0.25, 0.3) is 0 Å². The minimum atomic E-state index is -5.00. The van der Waals surface area contributed by atoms with Crippen LogP contribution in [-0.4, -0.2) is 20.8 Å². The SMILES string of the molecule is Cc1cc(C(F)C(F)(F)C(F)F)c(S(=O)(=O)Cc2ccccc2)cc1C. The van der Waals surface area contributed by atoms with Crippen molar-refractivity contribution >= 4 is 9.84 Å². The summed E-state index contributed by atoms with van der Waals surface area (Å²) in [5.41, 5.74) is 0.168. The maximum Gasteiger partial charge on any atom is 0.342 e. The Balaban J connectivity index is 2.59. The molecule has 0 aliphatic heterocycles. The molecule has 2 aromatic rings. The molecule has 0 heterocycles. The van der Waals surface area contributed by atoms with E-state index in [0.29, 0.717) is 16.7 Å². The maximum absolute atomic E-state index is 14.3. The molecule has 8 heteroatoms. The summed E-state index contributed by atoms with van der Waals surface area (Å²) in [7, 11) is -4.23. The second kappa shape index (κ2) is 7.34. The minimum absolute atomic E-state index is 0.325. The molecule has 142 valence electrons. The van der Waals surface area contributed by atoms with Crippen LogP contribution in [0.1, 0.15) is 28.4 Å². The lowest BCUT2D eigenvalue weighted by atomic mass is 10.00. The topological polar surface area (TPSA) is 34.1 Å². The highest BCUT2D eigenvalue weighted by atomic mass is 32.2. The Hall–Kier alpha value is -1.96. The van der Waals surface area contributed by atoms with E-state index in [9.17, 15) is 30.4 Å². The average molecular weight is 392 g/mol. The van der Waals surface area contributed by atoms with E-state index in [2.05, 4.69) is 0 Å². The Morgan fingerprint density at radius 2 is 1.50 bits per heavy atom. The quantitative estimate of drug-likeness (QED) is 0.634. The molecule has 0 N–H and O–H groups in total. The van der Waals surface area contributed by atoms with Gasteiger partial charge in [-0.25, -0.2) is 21.6 Å². The van der Waals surface area contributed by atoms with Crippen LogP contribution in [0.5, 0.6) is 0 Å². The van der Waals surface area contributed by atoms with E-state index in [1.165, 1.54) is 26.0 Å². The number of sulfone groups is 1. The summed E-state index contributed by atoms with van der Waals surface area (Å²) >= 11 is 0. The van der Waals surface area contributed by atoms with Gasteiger partial charge in [0, 0.05) is 5.56 Å². The van der Waals surface area contributed by atoms with E-state index in [1.807, 2.05) is 0 Å². The van der Waals surface area contributed by atoms with Crippen LogP contribution in [0.15, 0.2) is 47.4 Å². The first-order chi connectivity index (χ1) is 12.0. The van der Waals surface area contributed by atoms with Crippen molar-refractivity contribution in [2.45, 2.75) is 43.0 Å². The molecule has 2 nitrogen and oxygen atoms in total. The lowest BCUT2D eigenvalue weighted by molar-refractivity contribution is -0.173. The van der Waals surface area contributed by atoms with Gasteiger partial charge in [0.1, 0.15) is 0 Å². The van der Waals surface area contributed by atoms with Gasteiger partial charge >= 0.3 is 12.3 Å². The van der Waals surface area contributed by atoms with E-state index < -0.39 is 44.6 Å². The Morgan fingerprint density at radius 1 is 0.962 bits per heavy atom. The van der Waals surface area contributed by atoms with E-state index in [-0.39, 0.29) is 0 Å². The maximum atomic E-state index is 14.3. The smallest absolute Gasteiger partial charge is 0.235 e. The summed E-state index contributed by atoms with van der Waals surface area (Å²) in [6, 6.07) is 9.83. The van der Waals surface area contributed by atoms with E-state index >= 15 is 0 Å². The van der Waals surface area contributed by atoms with Gasteiger partial charge in [0.05, 0.1) is 10.6 Å². The van der Waals surface area contributed by atoms with Crippen LogP contribution >= 0.6 is 0 Å². The fourth-order valence-corrected chi connectivity index (χ4v) is 4.13. The van der Waals surface area contributed by atoms with Crippen molar-refractivity contribution in [2.75, 3.05) is 0 Å². The highest BCUT2D eigenvalue weighted by Gasteiger charge is 2.51. The molecule has 0 amide bonds. The standard InChI is InChI=1S/C18H17F5O2S/c1-11-8-14(16(19)18(22,23)17(20)21)15(9-12(11)2)26(24,25)10-13-6-4-3-5-7-13/h3-9,16-17H,10H2,1-2H3. The zero-order valence-corrected chi connectivity index (χ0v) is 14.8. The highest BCUT2D eigenvalue weighted by molar-refractivity contribution is 7.90. The van der Waals surface area contributed by atoms with Crippen LogP contribution in [0.2, 0.25) is 0 Å². The number of hydrogen-bond donors (Lipinski definition) is 0. The van der Waals surface area contributed by atoms with Crippen LogP contribution < -0.4 is 0 Å². The first kappa shape index (κ1) is 20.4. The molecule has 2 aromatic carbocycles. The molecule has 0 aliphatic rings. The van der Waals surface area contributed by atoms with Gasteiger partial charge in [-0.3, -0.25) is 0 Å². The molecule has 0 fully saturated rings. The highest BCUT2D eigenvalue weighted by Crippen LogP contribution is 2.42. The normalized spacial score (nSPS) is 13.8. The van der Waals surface area contributed by atoms with Crippen molar-refractivity contribution in [2.24, 2.45) is 0 Å². The predicted octanol–water partition coefficient (Wildman–Crippen LogP) is 5.19. The molecule has 0 radical (unpaired) electrons. The summed E-state index contributed by atoms with van der Waals surface area (Å²) in [6.07, 6.45) is -7.70. The van der Waals surface area contributed by atoms with Crippen LogP contribution in [-0.2, 0) is 15.6 Å². The van der Waals surface area contributed by atoms with Gasteiger partial charge in [-0.2, -0.15) is 8.78 Å². The fourth-order valence-electron chi connectivity index (χ4n) is 2.47. The Morgan fingerprint density at radius 3 is 2.04 bits per heavy atom.